The minimum absolute atomic E-state index is 0.0564. The Morgan fingerprint density at radius 2 is 1.96 bits per heavy atom. The van der Waals surface area contributed by atoms with Gasteiger partial charge in [0.2, 0.25) is 5.82 Å². The Bertz CT molecular complexity index is 1920. The number of hydrogen-bond donors (Lipinski definition) is 0. The van der Waals surface area contributed by atoms with Gasteiger partial charge in [-0.1, -0.05) is 41.0 Å². The lowest BCUT2D eigenvalue weighted by molar-refractivity contribution is -0.159. The van der Waals surface area contributed by atoms with E-state index in [0.29, 0.717) is 48.1 Å². The number of aromatic nitrogens is 5. The van der Waals surface area contributed by atoms with Gasteiger partial charge in [-0.3, -0.25) is 9.88 Å². The monoisotopic (exact) mass is 654 g/mol. The molecule has 2 aliphatic rings. The average molecular weight is 655 g/mol. The summed E-state index contributed by atoms with van der Waals surface area (Å²) in [7, 11) is 0. The van der Waals surface area contributed by atoms with Gasteiger partial charge in [0.1, 0.15) is 29.7 Å². The normalized spacial score (nSPS) is 17.2. The fourth-order valence-electron chi connectivity index (χ4n) is 5.50. The Labute approximate surface area is 265 Å². The van der Waals surface area contributed by atoms with E-state index in [1.165, 1.54) is 11.6 Å². The smallest absolute Gasteiger partial charge is 0.471 e. The summed E-state index contributed by atoms with van der Waals surface area (Å²) in [6, 6.07) is 13.8. The van der Waals surface area contributed by atoms with Crippen molar-refractivity contribution in [2.24, 2.45) is 0 Å². The van der Waals surface area contributed by atoms with Crippen molar-refractivity contribution < 1.29 is 31.6 Å². The molecule has 46 heavy (non-hydrogen) atoms. The molecule has 0 bridgehead atoms. The Hall–Kier alpha value is -4.33. The van der Waals surface area contributed by atoms with Gasteiger partial charge in [-0.15, -0.1) is 0 Å². The first-order valence-electron chi connectivity index (χ1n) is 14.7. The van der Waals surface area contributed by atoms with E-state index in [-0.39, 0.29) is 24.2 Å². The van der Waals surface area contributed by atoms with Gasteiger partial charge in [0.25, 0.3) is 0 Å². The van der Waals surface area contributed by atoms with E-state index in [2.05, 4.69) is 35.2 Å². The van der Waals surface area contributed by atoms with Crippen molar-refractivity contribution in [2.75, 3.05) is 19.7 Å². The minimum Gasteiger partial charge on any atom is -0.489 e. The topological polar surface area (TPSA) is 91.3 Å². The van der Waals surface area contributed by atoms with Crippen molar-refractivity contribution in [1.82, 2.24) is 29.6 Å². The van der Waals surface area contributed by atoms with Crippen LogP contribution in [0.1, 0.15) is 35.7 Å². The van der Waals surface area contributed by atoms with Crippen LogP contribution < -0.4 is 4.74 Å². The van der Waals surface area contributed by atoms with E-state index in [9.17, 15) is 17.6 Å². The lowest BCUT2D eigenvalue weighted by atomic mass is 9.99. The lowest BCUT2D eigenvalue weighted by Gasteiger charge is -2.29. The van der Waals surface area contributed by atoms with Gasteiger partial charge < -0.3 is 18.6 Å². The van der Waals surface area contributed by atoms with Crippen molar-refractivity contribution in [3.63, 3.8) is 0 Å². The van der Waals surface area contributed by atoms with Gasteiger partial charge in [-0.25, -0.2) is 9.37 Å². The van der Waals surface area contributed by atoms with Crippen LogP contribution in [0.4, 0.5) is 17.6 Å². The van der Waals surface area contributed by atoms with Crippen molar-refractivity contribution >= 4 is 28.2 Å². The summed E-state index contributed by atoms with van der Waals surface area (Å²) in [5.41, 5.74) is 4.10. The third kappa shape index (κ3) is 6.48. The third-order valence-electron chi connectivity index (χ3n) is 8.06. The molecule has 1 unspecified atom stereocenters. The molecular weight excluding hydrogens is 628 g/mol. The molecule has 0 N–H and O–H groups in total. The first-order valence-corrected chi connectivity index (χ1v) is 15.0. The second-order valence-electron chi connectivity index (χ2n) is 11.2. The number of alkyl halides is 3. The van der Waals surface area contributed by atoms with Gasteiger partial charge in [0.05, 0.1) is 36.4 Å². The highest BCUT2D eigenvalue weighted by Gasteiger charge is 2.38. The summed E-state index contributed by atoms with van der Waals surface area (Å²) in [5.74, 6) is -0.646. The maximum Gasteiger partial charge on any atom is 0.471 e. The summed E-state index contributed by atoms with van der Waals surface area (Å²) >= 11 is 5.85. The maximum absolute atomic E-state index is 14.2. The van der Waals surface area contributed by atoms with E-state index in [4.69, 9.17) is 26.1 Å². The molecule has 2 aliphatic heterocycles. The summed E-state index contributed by atoms with van der Waals surface area (Å²) in [5, 5.41) is 3.79. The summed E-state index contributed by atoms with van der Waals surface area (Å²) in [4.78, 5) is 14.9. The van der Waals surface area contributed by atoms with Crippen LogP contribution in [-0.4, -0.2) is 55.4 Å². The van der Waals surface area contributed by atoms with E-state index in [0.717, 1.165) is 36.3 Å². The summed E-state index contributed by atoms with van der Waals surface area (Å²) in [6.45, 7) is 3.41. The number of imidazole rings is 1. The second kappa shape index (κ2) is 12.5. The molecule has 5 heterocycles. The summed E-state index contributed by atoms with van der Waals surface area (Å²) in [6.07, 6.45) is 0.796. The molecule has 2 aromatic carbocycles. The van der Waals surface area contributed by atoms with E-state index in [1.807, 2.05) is 24.3 Å². The van der Waals surface area contributed by atoms with Gasteiger partial charge in [-0.2, -0.15) is 18.2 Å². The number of pyridine rings is 1. The molecule has 9 nitrogen and oxygen atoms in total. The second-order valence-corrected chi connectivity index (χ2v) is 11.6. The molecule has 0 saturated carbocycles. The number of rotatable bonds is 9. The first kappa shape index (κ1) is 30.3. The van der Waals surface area contributed by atoms with Crippen LogP contribution in [0.5, 0.6) is 5.75 Å². The Balaban J connectivity index is 1.06. The molecule has 3 aromatic heterocycles. The van der Waals surface area contributed by atoms with Crippen LogP contribution >= 0.6 is 11.6 Å². The molecule has 7 rings (SSSR count). The number of fused-ring (bicyclic) bond motifs is 1. The molecule has 5 aromatic rings. The van der Waals surface area contributed by atoms with Crippen molar-refractivity contribution in [2.45, 2.75) is 44.8 Å². The highest BCUT2D eigenvalue weighted by molar-refractivity contribution is 6.30. The predicted octanol–water partition coefficient (Wildman–Crippen LogP) is 6.95. The molecule has 1 atom stereocenters. The van der Waals surface area contributed by atoms with E-state index >= 15 is 0 Å². The fraction of sp³-hybridized carbons (Fsp3) is 0.312. The number of nitrogens with zero attached hydrogens (tertiary/aromatic N) is 6. The average Bonchev–Trinajstić information content (AvgIpc) is 3.64. The summed E-state index contributed by atoms with van der Waals surface area (Å²) < 4.78 is 71.1. The molecule has 0 radical (unpaired) electrons. The van der Waals surface area contributed by atoms with Gasteiger partial charge in [0, 0.05) is 30.3 Å². The van der Waals surface area contributed by atoms with E-state index in [1.54, 1.807) is 24.4 Å². The number of benzene rings is 2. The van der Waals surface area contributed by atoms with Crippen LogP contribution in [0.2, 0.25) is 5.02 Å². The van der Waals surface area contributed by atoms with Crippen LogP contribution in [0.25, 0.3) is 28.1 Å². The standard InChI is InChI=1S/C32H27ClF4N6O3/c33-22-5-4-21(25(34)13-22)18-45-23-3-1-2-20(12-23)19-6-9-42(10-7-19)17-29-39-26-14-27(30-40-31(46-41-30)32(35,36)37)38-15-28(26)43(29)16-24-8-11-44-24/h1-6,12-15,24H,7-11,16-18H2. The van der Waals surface area contributed by atoms with Crippen LogP contribution in [-0.2, 0) is 30.6 Å². The zero-order valence-electron chi connectivity index (χ0n) is 24.3. The molecule has 1 saturated heterocycles. The van der Waals surface area contributed by atoms with Gasteiger partial charge in [0.15, 0.2) is 0 Å². The fourth-order valence-corrected chi connectivity index (χ4v) is 5.66. The number of halogens is 5. The lowest BCUT2D eigenvalue weighted by Crippen LogP contribution is -2.33. The highest BCUT2D eigenvalue weighted by atomic mass is 35.5. The largest absolute Gasteiger partial charge is 0.489 e. The van der Waals surface area contributed by atoms with Crippen LogP contribution in [0.15, 0.2) is 65.3 Å². The molecule has 0 spiro atoms. The minimum atomic E-state index is -4.75. The Morgan fingerprint density at radius 1 is 1.09 bits per heavy atom. The predicted molar refractivity (Wildman–Crippen MR) is 160 cm³/mol. The molecule has 0 aliphatic carbocycles. The molecule has 1 fully saturated rings. The molecule has 14 heteroatoms. The third-order valence-corrected chi connectivity index (χ3v) is 8.30. The number of ether oxygens (including phenoxy) is 2. The number of hydrogen-bond acceptors (Lipinski definition) is 8. The Kier molecular flexibility index (Phi) is 8.22. The van der Waals surface area contributed by atoms with Crippen molar-refractivity contribution in [3.8, 4) is 17.3 Å². The zero-order chi connectivity index (χ0) is 31.8. The highest BCUT2D eigenvalue weighted by Crippen LogP contribution is 2.31. The molecule has 238 valence electrons. The maximum atomic E-state index is 14.2. The van der Waals surface area contributed by atoms with E-state index < -0.39 is 17.9 Å². The van der Waals surface area contributed by atoms with Crippen LogP contribution in [0, 0.1) is 5.82 Å². The van der Waals surface area contributed by atoms with Gasteiger partial charge >= 0.3 is 12.1 Å². The molecular formula is C32H27ClF4N6O3. The quantitative estimate of drug-likeness (QED) is 0.158. The van der Waals surface area contributed by atoms with Crippen molar-refractivity contribution in [1.29, 1.82) is 0 Å². The Morgan fingerprint density at radius 3 is 2.67 bits per heavy atom. The van der Waals surface area contributed by atoms with Crippen molar-refractivity contribution in [3.05, 3.63) is 94.5 Å². The zero-order valence-corrected chi connectivity index (χ0v) is 25.1. The molecule has 0 amide bonds. The van der Waals surface area contributed by atoms with Crippen LogP contribution in [0.3, 0.4) is 0 Å². The SMILES string of the molecule is Fc1cc(Cl)ccc1COc1cccc(C2=CCN(Cc3nc4cc(-c5noc(C(F)(F)F)n5)ncc4n3CC3CCO3)CC2)c1. The first-order chi connectivity index (χ1) is 22.2. The van der Waals surface area contributed by atoms with Gasteiger partial charge in [-0.05, 0) is 54.3 Å².